The number of rotatable bonds is 5. The average molecular weight is 412 g/mol. The van der Waals surface area contributed by atoms with Gasteiger partial charge in [-0.05, 0) is 48.1 Å². The van der Waals surface area contributed by atoms with Crippen LogP contribution in [0.3, 0.4) is 0 Å². The van der Waals surface area contributed by atoms with E-state index in [4.69, 9.17) is 0 Å². The molecule has 150 valence electrons. The minimum atomic E-state index is -1.19. The van der Waals surface area contributed by atoms with Crippen molar-refractivity contribution in [2.45, 2.75) is 31.2 Å². The van der Waals surface area contributed by atoms with Gasteiger partial charge in [0, 0.05) is 23.8 Å². The molecule has 0 spiro atoms. The summed E-state index contributed by atoms with van der Waals surface area (Å²) in [4.78, 5) is 19.6. The highest BCUT2D eigenvalue weighted by atomic mass is 32.2. The molecule has 5 nitrogen and oxygen atoms in total. The van der Waals surface area contributed by atoms with Gasteiger partial charge >= 0.3 is 0 Å². The Hall–Kier alpha value is -2.64. The number of hydrogen-bond acceptors (Lipinski definition) is 3. The Morgan fingerprint density at radius 3 is 2.72 bits per heavy atom. The van der Waals surface area contributed by atoms with E-state index in [1.165, 1.54) is 18.5 Å². The number of aromatic nitrogens is 2. The molecular weight excluding hydrogens is 389 g/mol. The number of aryl methyl sites for hydroxylation is 1. The number of halogens is 1. The first kappa shape index (κ1) is 19.7. The van der Waals surface area contributed by atoms with E-state index in [0.717, 1.165) is 28.8 Å². The van der Waals surface area contributed by atoms with Crippen molar-refractivity contribution in [1.82, 2.24) is 14.7 Å². The molecule has 3 aromatic rings. The molecule has 1 aliphatic carbocycles. The smallest absolute Gasteiger partial charge is 0.254 e. The van der Waals surface area contributed by atoms with Crippen molar-refractivity contribution in [3.05, 3.63) is 87.9 Å². The third-order valence-electron chi connectivity index (χ3n) is 5.38. The Balaban J connectivity index is 1.70. The number of hydrogen-bond donors (Lipinski definition) is 2. The maximum atomic E-state index is 13.6. The molecule has 0 fully saturated rings. The van der Waals surface area contributed by atoms with Crippen LogP contribution in [0.2, 0.25) is 0 Å². The van der Waals surface area contributed by atoms with Gasteiger partial charge in [-0.25, -0.2) is 18.3 Å². The lowest BCUT2D eigenvalue weighted by atomic mass is 9.79. The summed E-state index contributed by atoms with van der Waals surface area (Å²) in [6.07, 6.45) is 5.07. The lowest BCUT2D eigenvalue weighted by Crippen LogP contribution is -2.43. The number of aromatic amines is 1. The van der Waals surface area contributed by atoms with Crippen molar-refractivity contribution < 1.29 is 8.60 Å². The fourth-order valence-corrected chi connectivity index (χ4v) is 4.83. The third kappa shape index (κ3) is 4.36. The molecule has 7 heteroatoms. The lowest BCUT2D eigenvalue weighted by Gasteiger charge is -2.32. The molecule has 3 unspecified atom stereocenters. The van der Waals surface area contributed by atoms with Crippen LogP contribution in [0.15, 0.2) is 59.7 Å². The van der Waals surface area contributed by atoms with Crippen LogP contribution in [0.4, 0.5) is 4.39 Å². The van der Waals surface area contributed by atoms with Gasteiger partial charge in [0.2, 0.25) is 0 Å². The van der Waals surface area contributed by atoms with Crippen molar-refractivity contribution >= 4 is 11.0 Å². The van der Waals surface area contributed by atoms with Crippen LogP contribution in [-0.4, -0.2) is 26.5 Å². The van der Waals surface area contributed by atoms with E-state index >= 15 is 0 Å². The summed E-state index contributed by atoms with van der Waals surface area (Å²) in [6, 6.07) is 14.3. The topological polar surface area (TPSA) is 74.8 Å². The van der Waals surface area contributed by atoms with Gasteiger partial charge in [0.05, 0.1) is 23.0 Å². The molecular formula is C22H22FN3O2S. The molecule has 29 heavy (non-hydrogen) atoms. The third-order valence-corrected chi connectivity index (χ3v) is 6.01. The van der Waals surface area contributed by atoms with Crippen molar-refractivity contribution in [3.8, 4) is 11.1 Å². The fourth-order valence-electron chi connectivity index (χ4n) is 4.12. The second-order valence-electron chi connectivity index (χ2n) is 7.33. The number of H-pyrrole nitrogens is 1. The normalized spacial score (nSPS) is 19.5. The Kier molecular flexibility index (Phi) is 5.69. The van der Waals surface area contributed by atoms with E-state index in [0.29, 0.717) is 18.4 Å². The molecule has 0 saturated heterocycles. The molecule has 0 aliphatic heterocycles. The van der Waals surface area contributed by atoms with Crippen molar-refractivity contribution in [1.29, 1.82) is 0 Å². The maximum Gasteiger partial charge on any atom is 0.254 e. The van der Waals surface area contributed by atoms with Gasteiger partial charge in [-0.1, -0.05) is 36.4 Å². The van der Waals surface area contributed by atoms with Gasteiger partial charge in [-0.15, -0.1) is 0 Å². The summed E-state index contributed by atoms with van der Waals surface area (Å²) in [5.41, 5.74) is 4.08. The van der Waals surface area contributed by atoms with E-state index in [-0.39, 0.29) is 23.3 Å². The summed E-state index contributed by atoms with van der Waals surface area (Å²) in [5.74, 6) is -0.427. The molecule has 4 rings (SSSR count). The van der Waals surface area contributed by atoms with Crippen LogP contribution in [0, 0.1) is 5.82 Å². The first-order chi connectivity index (χ1) is 14.0. The summed E-state index contributed by atoms with van der Waals surface area (Å²) in [5, 5.41) is 0. The maximum absolute atomic E-state index is 13.6. The summed E-state index contributed by atoms with van der Waals surface area (Å²) < 4.78 is 28.6. The van der Waals surface area contributed by atoms with Crippen LogP contribution in [0.5, 0.6) is 0 Å². The van der Waals surface area contributed by atoms with Crippen LogP contribution in [0.25, 0.3) is 11.1 Å². The van der Waals surface area contributed by atoms with Gasteiger partial charge in [0.1, 0.15) is 5.82 Å². The zero-order valence-electron chi connectivity index (χ0n) is 16.0. The number of nitrogens with one attached hydrogen (secondary N) is 2. The Morgan fingerprint density at radius 2 is 1.97 bits per heavy atom. The summed E-state index contributed by atoms with van der Waals surface area (Å²) in [7, 11) is -1.19. The second kappa shape index (κ2) is 8.39. The largest absolute Gasteiger partial charge is 0.313 e. The van der Waals surface area contributed by atoms with Gasteiger partial charge in [0.25, 0.3) is 5.56 Å². The Labute approximate surface area is 171 Å². The van der Waals surface area contributed by atoms with E-state index in [2.05, 4.69) is 14.7 Å². The van der Waals surface area contributed by atoms with Crippen LogP contribution in [0.1, 0.15) is 29.2 Å². The Bertz CT molecular complexity index is 1110. The SMILES string of the molecule is CS(=O)NC1CCc2nc[nH]c(=O)c2C1Cc1cccc(-c2cccc(F)c2)c1. The van der Waals surface area contributed by atoms with E-state index in [1.807, 2.05) is 30.3 Å². The molecule has 1 heterocycles. The number of nitrogens with zero attached hydrogens (tertiary/aromatic N) is 1. The fraction of sp³-hybridized carbons (Fsp3) is 0.273. The highest BCUT2D eigenvalue weighted by Crippen LogP contribution is 2.32. The zero-order valence-corrected chi connectivity index (χ0v) is 16.8. The van der Waals surface area contributed by atoms with E-state index in [9.17, 15) is 13.4 Å². The second-order valence-corrected chi connectivity index (χ2v) is 8.47. The van der Waals surface area contributed by atoms with Gasteiger partial charge in [-0.2, -0.15) is 0 Å². The molecule has 0 amide bonds. The van der Waals surface area contributed by atoms with Crippen LogP contribution >= 0.6 is 0 Å². The molecule has 1 aromatic heterocycles. The minimum Gasteiger partial charge on any atom is -0.313 e. The summed E-state index contributed by atoms with van der Waals surface area (Å²) in [6.45, 7) is 0. The predicted molar refractivity (Wildman–Crippen MR) is 112 cm³/mol. The van der Waals surface area contributed by atoms with E-state index in [1.54, 1.807) is 12.3 Å². The Morgan fingerprint density at radius 1 is 1.21 bits per heavy atom. The molecule has 0 bridgehead atoms. The van der Waals surface area contributed by atoms with Crippen molar-refractivity contribution in [2.75, 3.05) is 6.26 Å². The molecule has 2 aromatic carbocycles. The van der Waals surface area contributed by atoms with Crippen molar-refractivity contribution in [2.24, 2.45) is 0 Å². The highest BCUT2D eigenvalue weighted by Gasteiger charge is 2.33. The molecule has 2 N–H and O–H groups in total. The van der Waals surface area contributed by atoms with Crippen LogP contribution in [-0.2, 0) is 23.8 Å². The molecule has 1 aliphatic rings. The molecule has 0 radical (unpaired) electrons. The predicted octanol–water partition coefficient (Wildman–Crippen LogP) is 3.10. The highest BCUT2D eigenvalue weighted by molar-refractivity contribution is 7.82. The average Bonchev–Trinajstić information content (AvgIpc) is 2.70. The summed E-state index contributed by atoms with van der Waals surface area (Å²) >= 11 is 0. The lowest BCUT2D eigenvalue weighted by molar-refractivity contribution is 0.430. The molecule has 0 saturated carbocycles. The van der Waals surface area contributed by atoms with Crippen LogP contribution < -0.4 is 10.3 Å². The van der Waals surface area contributed by atoms with Gasteiger partial charge in [0.15, 0.2) is 0 Å². The van der Waals surface area contributed by atoms with Crippen molar-refractivity contribution in [3.63, 3.8) is 0 Å². The number of benzene rings is 2. The quantitative estimate of drug-likeness (QED) is 0.678. The number of fused-ring (bicyclic) bond motifs is 1. The monoisotopic (exact) mass is 411 g/mol. The standard InChI is InChI=1S/C22H22FN3O2S/c1-29(28)26-19-8-9-20-21(22(27)25-13-24-20)18(19)11-14-4-2-5-15(10-14)16-6-3-7-17(23)12-16/h2-7,10,12-13,18-19,26H,8-9,11H2,1H3,(H,24,25,27). The van der Waals surface area contributed by atoms with E-state index < -0.39 is 11.0 Å². The first-order valence-corrected chi connectivity index (χ1v) is 11.1. The van der Waals surface area contributed by atoms with Gasteiger partial charge < -0.3 is 4.98 Å². The molecule has 3 atom stereocenters. The minimum absolute atomic E-state index is 0.0866. The zero-order chi connectivity index (χ0) is 20.4. The van der Waals surface area contributed by atoms with Gasteiger partial charge in [-0.3, -0.25) is 4.79 Å². The first-order valence-electron chi connectivity index (χ1n) is 9.52.